The fourth-order valence-electron chi connectivity index (χ4n) is 8.48. The van der Waals surface area contributed by atoms with Gasteiger partial charge in [0.1, 0.15) is 12.4 Å². The highest BCUT2D eigenvalue weighted by Crippen LogP contribution is 2.57. The normalized spacial score (nSPS) is 25.9. The number of non-ortho nitro benzene ring substituents is 1. The number of halogens is 1. The van der Waals surface area contributed by atoms with Crippen LogP contribution in [0.5, 0.6) is 0 Å². The Hall–Kier alpha value is -4.37. The SMILES string of the molecule is O=C(NC12CC3CC(CC(NCC(=O)N4Cc5ccc(F)cc5C4)(C3)C1)C2)OCCOCCNc1ccc([N+](=O)[O-])c2nonc12. The summed E-state index contributed by atoms with van der Waals surface area (Å²) in [5.41, 5.74) is 1.95. The van der Waals surface area contributed by atoms with E-state index in [1.807, 2.05) is 0 Å². The molecule has 4 saturated carbocycles. The highest BCUT2D eigenvalue weighted by Gasteiger charge is 2.58. The van der Waals surface area contributed by atoms with Gasteiger partial charge in [0.15, 0.2) is 5.52 Å². The van der Waals surface area contributed by atoms with Gasteiger partial charge in [-0.1, -0.05) is 6.07 Å². The molecule has 4 fully saturated rings. The number of carbonyl (C=O) groups is 2. The van der Waals surface area contributed by atoms with Gasteiger partial charge in [0, 0.05) is 36.8 Å². The Kier molecular flexibility index (Phi) is 7.97. The zero-order valence-electron chi connectivity index (χ0n) is 25.3. The van der Waals surface area contributed by atoms with E-state index in [0.717, 1.165) is 49.7 Å². The molecule has 0 saturated heterocycles. The number of alkyl carbamates (subject to hydrolysis) is 1. The van der Waals surface area contributed by atoms with Crippen LogP contribution in [0.1, 0.15) is 49.7 Å². The second-order valence-electron chi connectivity index (χ2n) is 13.2. The van der Waals surface area contributed by atoms with Crippen LogP contribution >= 0.6 is 0 Å². The summed E-state index contributed by atoms with van der Waals surface area (Å²) < 4.78 is 29.4. The Morgan fingerprint density at radius 3 is 2.59 bits per heavy atom. The minimum absolute atomic E-state index is 0.000143. The van der Waals surface area contributed by atoms with Crippen molar-refractivity contribution in [3.05, 3.63) is 57.4 Å². The number of rotatable bonds is 12. The molecule has 0 radical (unpaired) electrons. The van der Waals surface area contributed by atoms with Gasteiger partial charge in [-0.3, -0.25) is 14.9 Å². The number of anilines is 1. The third-order valence-corrected chi connectivity index (χ3v) is 9.90. The molecule has 2 atom stereocenters. The second kappa shape index (κ2) is 12.1. The molecule has 15 heteroatoms. The maximum absolute atomic E-state index is 13.6. The lowest BCUT2D eigenvalue weighted by Crippen LogP contribution is -2.69. The molecular formula is C31H36FN7O7. The summed E-state index contributed by atoms with van der Waals surface area (Å²) >= 11 is 0. The number of nitrogens with one attached hydrogen (secondary N) is 3. The van der Waals surface area contributed by atoms with Crippen LogP contribution in [-0.4, -0.2) is 76.1 Å². The average Bonchev–Trinajstić information content (AvgIpc) is 3.66. The van der Waals surface area contributed by atoms with E-state index >= 15 is 0 Å². The molecule has 2 heterocycles. The van der Waals surface area contributed by atoms with E-state index in [4.69, 9.17) is 9.47 Å². The van der Waals surface area contributed by atoms with E-state index in [0.29, 0.717) is 43.8 Å². The first-order valence-electron chi connectivity index (χ1n) is 15.7. The van der Waals surface area contributed by atoms with Gasteiger partial charge < -0.3 is 30.3 Å². The number of aromatic nitrogens is 2. The molecular weight excluding hydrogens is 601 g/mol. The van der Waals surface area contributed by atoms with Crippen molar-refractivity contribution in [1.29, 1.82) is 0 Å². The molecule has 8 rings (SSSR count). The topological polar surface area (TPSA) is 174 Å². The molecule has 14 nitrogen and oxygen atoms in total. The Morgan fingerprint density at radius 1 is 1.02 bits per heavy atom. The number of ether oxygens (including phenoxy) is 2. The van der Waals surface area contributed by atoms with Crippen molar-refractivity contribution in [3.8, 4) is 0 Å². The van der Waals surface area contributed by atoms with Crippen molar-refractivity contribution in [2.45, 2.75) is 62.7 Å². The molecule has 244 valence electrons. The summed E-state index contributed by atoms with van der Waals surface area (Å²) in [6.07, 6.45) is 5.21. The maximum atomic E-state index is 13.6. The first-order chi connectivity index (χ1) is 22.2. The lowest BCUT2D eigenvalue weighted by Gasteiger charge is -2.62. The molecule has 46 heavy (non-hydrogen) atoms. The van der Waals surface area contributed by atoms with Crippen LogP contribution in [0.3, 0.4) is 0 Å². The van der Waals surface area contributed by atoms with E-state index in [2.05, 4.69) is 30.9 Å². The Bertz CT molecular complexity index is 1650. The van der Waals surface area contributed by atoms with Crippen LogP contribution < -0.4 is 16.0 Å². The first-order valence-corrected chi connectivity index (χ1v) is 15.7. The summed E-state index contributed by atoms with van der Waals surface area (Å²) in [4.78, 5) is 38.4. The number of carbonyl (C=O) groups excluding carboxylic acids is 2. The highest BCUT2D eigenvalue weighted by atomic mass is 19.1. The Balaban J connectivity index is 0.847. The smallest absolute Gasteiger partial charge is 0.407 e. The Labute approximate surface area is 263 Å². The monoisotopic (exact) mass is 637 g/mol. The predicted molar refractivity (Wildman–Crippen MR) is 161 cm³/mol. The van der Waals surface area contributed by atoms with Gasteiger partial charge in [0.25, 0.3) is 0 Å². The van der Waals surface area contributed by atoms with Crippen molar-refractivity contribution in [2.75, 3.05) is 38.2 Å². The van der Waals surface area contributed by atoms with Crippen molar-refractivity contribution < 1.29 is 33.0 Å². The van der Waals surface area contributed by atoms with Crippen LogP contribution in [0.2, 0.25) is 0 Å². The first kappa shape index (κ1) is 30.3. The summed E-state index contributed by atoms with van der Waals surface area (Å²) in [5, 5.41) is 28.4. The number of hydrogen-bond acceptors (Lipinski definition) is 11. The number of amides is 2. The summed E-state index contributed by atoms with van der Waals surface area (Å²) in [5.74, 6) is 0.665. The molecule has 4 bridgehead atoms. The Morgan fingerprint density at radius 2 is 1.78 bits per heavy atom. The molecule has 2 amide bonds. The largest absolute Gasteiger partial charge is 0.447 e. The van der Waals surface area contributed by atoms with Crippen molar-refractivity contribution in [1.82, 2.24) is 25.8 Å². The third kappa shape index (κ3) is 6.08. The van der Waals surface area contributed by atoms with Gasteiger partial charge in [-0.05, 0) is 90.0 Å². The average molecular weight is 638 g/mol. The van der Waals surface area contributed by atoms with E-state index in [-0.39, 0.29) is 59.3 Å². The van der Waals surface area contributed by atoms with Crippen LogP contribution in [0.25, 0.3) is 11.0 Å². The molecule has 2 aromatic carbocycles. The van der Waals surface area contributed by atoms with Gasteiger partial charge in [-0.25, -0.2) is 13.8 Å². The van der Waals surface area contributed by atoms with Gasteiger partial charge >= 0.3 is 11.8 Å². The van der Waals surface area contributed by atoms with Gasteiger partial charge in [-0.2, -0.15) is 0 Å². The van der Waals surface area contributed by atoms with Crippen LogP contribution in [0.15, 0.2) is 35.0 Å². The third-order valence-electron chi connectivity index (χ3n) is 9.90. The standard InChI is InChI=1S/C31H36FN7O7/c32-23-2-1-21-16-38(17-22(21)10-23)26(40)15-34-30-11-19-9-20(12-30)14-31(13-19,18-30)35-29(41)45-8-7-44-6-5-33-24-3-4-25(39(42)43)28-27(24)36-46-37-28/h1-4,10,19-20,33-34H,5-9,11-18H2,(H,35,41). The van der Waals surface area contributed by atoms with E-state index in [1.54, 1.807) is 11.0 Å². The number of nitro groups is 1. The molecule has 3 N–H and O–H groups in total. The second-order valence-corrected chi connectivity index (χ2v) is 13.2. The minimum Gasteiger partial charge on any atom is -0.447 e. The fraction of sp³-hybridized carbons (Fsp3) is 0.548. The maximum Gasteiger partial charge on any atom is 0.407 e. The van der Waals surface area contributed by atoms with Crippen LogP contribution in [0.4, 0.5) is 20.6 Å². The zero-order chi connectivity index (χ0) is 31.9. The molecule has 4 aliphatic carbocycles. The van der Waals surface area contributed by atoms with Crippen molar-refractivity contribution in [2.24, 2.45) is 11.8 Å². The van der Waals surface area contributed by atoms with Gasteiger partial charge in [0.05, 0.1) is 30.4 Å². The lowest BCUT2D eigenvalue weighted by atomic mass is 9.50. The number of nitrogens with zero attached hydrogens (tertiary/aromatic N) is 4. The fourth-order valence-corrected chi connectivity index (χ4v) is 8.48. The van der Waals surface area contributed by atoms with Crippen molar-refractivity contribution in [3.63, 3.8) is 0 Å². The van der Waals surface area contributed by atoms with Crippen LogP contribution in [0, 0.1) is 27.8 Å². The number of nitro benzene ring substituents is 1. The summed E-state index contributed by atoms with van der Waals surface area (Å²) in [6.45, 7) is 2.11. The number of fused-ring (bicyclic) bond motifs is 2. The molecule has 5 aliphatic rings. The minimum atomic E-state index is -0.544. The molecule has 2 unspecified atom stereocenters. The predicted octanol–water partition coefficient (Wildman–Crippen LogP) is 3.65. The lowest BCUT2D eigenvalue weighted by molar-refractivity contribution is -0.383. The zero-order valence-corrected chi connectivity index (χ0v) is 25.3. The number of hydrogen-bond donors (Lipinski definition) is 3. The summed E-state index contributed by atoms with van der Waals surface area (Å²) in [6, 6.07) is 7.56. The van der Waals surface area contributed by atoms with Gasteiger partial charge in [-0.15, -0.1) is 0 Å². The molecule has 3 aromatic rings. The van der Waals surface area contributed by atoms with E-state index < -0.39 is 11.0 Å². The van der Waals surface area contributed by atoms with Crippen LogP contribution in [-0.2, 0) is 27.4 Å². The molecule has 0 spiro atoms. The van der Waals surface area contributed by atoms with Gasteiger partial charge in [0.2, 0.25) is 11.4 Å². The molecule has 1 aliphatic heterocycles. The molecule has 1 aromatic heterocycles. The number of benzene rings is 2. The van der Waals surface area contributed by atoms with E-state index in [9.17, 15) is 24.1 Å². The quantitative estimate of drug-likeness (QED) is 0.150. The summed E-state index contributed by atoms with van der Waals surface area (Å²) in [7, 11) is 0. The van der Waals surface area contributed by atoms with Crippen molar-refractivity contribution >= 4 is 34.4 Å². The highest BCUT2D eigenvalue weighted by molar-refractivity contribution is 5.93. The van der Waals surface area contributed by atoms with E-state index in [1.165, 1.54) is 24.3 Å².